The number of nitrogens with zero attached hydrogens (tertiary/aromatic N) is 1. The molecule has 1 unspecified atom stereocenters. The second kappa shape index (κ2) is 6.69. The van der Waals surface area contributed by atoms with E-state index in [1.54, 1.807) is 33.1 Å². The monoisotopic (exact) mass is 300 g/mol. The molecule has 0 aliphatic carbocycles. The van der Waals surface area contributed by atoms with E-state index in [1.165, 1.54) is 11.3 Å². The summed E-state index contributed by atoms with van der Waals surface area (Å²) in [5.41, 5.74) is -0.182. The number of ether oxygens (including phenoxy) is 2. The Hall–Kier alpha value is -1.63. The number of nitrogens with one attached hydrogen (secondary N) is 1. The topological polar surface area (TPSA) is 77.5 Å². The van der Waals surface area contributed by atoms with E-state index in [4.69, 9.17) is 9.47 Å². The molecule has 20 heavy (non-hydrogen) atoms. The minimum Gasteiger partial charge on any atom is -0.464 e. The molecule has 1 aromatic rings. The van der Waals surface area contributed by atoms with Gasteiger partial charge >= 0.3 is 12.1 Å². The van der Waals surface area contributed by atoms with Crippen molar-refractivity contribution in [2.75, 3.05) is 6.61 Å². The third kappa shape index (κ3) is 5.16. The van der Waals surface area contributed by atoms with Crippen LogP contribution >= 0.6 is 11.3 Å². The Morgan fingerprint density at radius 3 is 2.55 bits per heavy atom. The molecule has 112 valence electrons. The van der Waals surface area contributed by atoms with Crippen molar-refractivity contribution in [3.05, 3.63) is 16.1 Å². The van der Waals surface area contributed by atoms with Crippen molar-refractivity contribution >= 4 is 23.4 Å². The van der Waals surface area contributed by atoms with Crippen LogP contribution in [0.15, 0.2) is 5.38 Å². The number of hydrogen-bond donors (Lipinski definition) is 1. The molecular formula is C13H20N2O4S. The van der Waals surface area contributed by atoms with E-state index < -0.39 is 23.7 Å². The molecule has 0 spiro atoms. The van der Waals surface area contributed by atoms with Gasteiger partial charge in [0.15, 0.2) is 6.04 Å². The van der Waals surface area contributed by atoms with Crippen LogP contribution in [0.1, 0.15) is 44.4 Å². The Morgan fingerprint density at radius 2 is 2.10 bits per heavy atom. The molecule has 0 saturated heterocycles. The minimum absolute atomic E-state index is 0.231. The fourth-order valence-electron chi connectivity index (χ4n) is 1.42. The minimum atomic E-state index is -0.949. The van der Waals surface area contributed by atoms with Crippen LogP contribution < -0.4 is 5.32 Å². The van der Waals surface area contributed by atoms with Crippen LogP contribution in [-0.2, 0) is 14.3 Å². The van der Waals surface area contributed by atoms with E-state index in [0.717, 1.165) is 5.01 Å². The van der Waals surface area contributed by atoms with Gasteiger partial charge in [0.2, 0.25) is 0 Å². The molecule has 0 aliphatic rings. The molecule has 0 aromatic carbocycles. The average Bonchev–Trinajstić information content (AvgIpc) is 2.70. The lowest BCUT2D eigenvalue weighted by molar-refractivity contribution is -0.145. The van der Waals surface area contributed by atoms with Gasteiger partial charge in [-0.3, -0.25) is 0 Å². The predicted octanol–water partition coefficient (Wildman–Crippen LogP) is 2.58. The van der Waals surface area contributed by atoms with Crippen molar-refractivity contribution in [2.45, 2.75) is 46.3 Å². The van der Waals surface area contributed by atoms with Gasteiger partial charge in [-0.15, -0.1) is 11.3 Å². The van der Waals surface area contributed by atoms with Crippen molar-refractivity contribution < 1.29 is 19.1 Å². The molecule has 1 heterocycles. The standard InChI is InChI=1S/C13H20N2O4S/c1-6-18-11(16)10(9-7-20-8(2)14-9)15-12(17)19-13(3,4)5/h7,10H,6H2,1-5H3,(H,15,17). The zero-order valence-corrected chi connectivity index (χ0v) is 13.2. The Labute approximate surface area is 122 Å². The number of thiazole rings is 1. The highest BCUT2D eigenvalue weighted by molar-refractivity contribution is 7.09. The first-order valence-electron chi connectivity index (χ1n) is 6.31. The number of carbonyl (C=O) groups is 2. The highest BCUT2D eigenvalue weighted by atomic mass is 32.1. The average molecular weight is 300 g/mol. The molecule has 0 aliphatic heterocycles. The molecule has 0 saturated carbocycles. The van der Waals surface area contributed by atoms with Crippen molar-refractivity contribution in [1.29, 1.82) is 0 Å². The van der Waals surface area contributed by atoms with E-state index in [0.29, 0.717) is 5.69 Å². The quantitative estimate of drug-likeness (QED) is 0.865. The van der Waals surface area contributed by atoms with Crippen LogP contribution in [-0.4, -0.2) is 29.3 Å². The van der Waals surface area contributed by atoms with Gasteiger partial charge in [-0.2, -0.15) is 0 Å². The SMILES string of the molecule is CCOC(=O)C(NC(=O)OC(C)(C)C)c1csc(C)n1. The summed E-state index contributed by atoms with van der Waals surface area (Å²) in [6, 6.07) is -0.949. The summed E-state index contributed by atoms with van der Waals surface area (Å²) in [5, 5.41) is 5.02. The van der Waals surface area contributed by atoms with E-state index in [2.05, 4.69) is 10.3 Å². The van der Waals surface area contributed by atoms with Crippen molar-refractivity contribution in [2.24, 2.45) is 0 Å². The van der Waals surface area contributed by atoms with Crippen LogP contribution in [0.3, 0.4) is 0 Å². The number of aryl methyl sites for hydroxylation is 1. The van der Waals surface area contributed by atoms with Crippen LogP contribution in [0.2, 0.25) is 0 Å². The number of hydrogen-bond acceptors (Lipinski definition) is 6. The molecule has 0 radical (unpaired) electrons. The first-order valence-corrected chi connectivity index (χ1v) is 7.19. The molecule has 1 aromatic heterocycles. The summed E-state index contributed by atoms with van der Waals surface area (Å²) in [7, 11) is 0. The molecular weight excluding hydrogens is 280 g/mol. The molecule has 1 rings (SSSR count). The summed E-state index contributed by atoms with van der Waals surface area (Å²) < 4.78 is 10.1. The highest BCUT2D eigenvalue weighted by Crippen LogP contribution is 2.18. The van der Waals surface area contributed by atoms with Gasteiger partial charge < -0.3 is 14.8 Å². The predicted molar refractivity (Wildman–Crippen MR) is 75.6 cm³/mol. The number of amides is 1. The summed E-state index contributed by atoms with van der Waals surface area (Å²) in [6.07, 6.45) is -0.679. The molecule has 7 heteroatoms. The normalized spacial score (nSPS) is 12.7. The van der Waals surface area contributed by atoms with Crippen molar-refractivity contribution in [3.8, 4) is 0 Å². The number of alkyl carbamates (subject to hydrolysis) is 1. The second-order valence-corrected chi connectivity index (χ2v) is 6.18. The van der Waals surface area contributed by atoms with E-state index >= 15 is 0 Å². The Balaban J connectivity index is 2.84. The van der Waals surface area contributed by atoms with Crippen molar-refractivity contribution in [3.63, 3.8) is 0 Å². The Morgan fingerprint density at radius 1 is 1.45 bits per heavy atom. The third-order valence-corrected chi connectivity index (χ3v) is 2.91. The van der Waals surface area contributed by atoms with Gasteiger partial charge in [-0.1, -0.05) is 0 Å². The fourth-order valence-corrected chi connectivity index (χ4v) is 2.06. The lowest BCUT2D eigenvalue weighted by atomic mass is 10.2. The number of carbonyl (C=O) groups excluding carboxylic acids is 2. The smallest absolute Gasteiger partial charge is 0.408 e. The number of aromatic nitrogens is 1. The van der Waals surface area contributed by atoms with Gasteiger partial charge in [0.1, 0.15) is 5.60 Å². The molecule has 1 N–H and O–H groups in total. The number of esters is 1. The third-order valence-electron chi connectivity index (χ3n) is 2.12. The van der Waals surface area contributed by atoms with Crippen LogP contribution in [0.25, 0.3) is 0 Å². The maximum Gasteiger partial charge on any atom is 0.408 e. The first-order chi connectivity index (χ1) is 9.23. The molecule has 6 nitrogen and oxygen atoms in total. The molecule has 0 bridgehead atoms. The maximum atomic E-state index is 11.9. The molecule has 1 atom stereocenters. The lowest BCUT2D eigenvalue weighted by Gasteiger charge is -2.22. The lowest BCUT2D eigenvalue weighted by Crippen LogP contribution is -2.39. The van der Waals surface area contributed by atoms with Gasteiger partial charge in [0.05, 0.1) is 17.3 Å². The van der Waals surface area contributed by atoms with Crippen LogP contribution in [0, 0.1) is 6.92 Å². The maximum absolute atomic E-state index is 11.9. The Bertz CT molecular complexity index is 479. The number of rotatable bonds is 4. The summed E-state index contributed by atoms with van der Waals surface area (Å²) in [5.74, 6) is -0.552. The largest absolute Gasteiger partial charge is 0.464 e. The van der Waals surface area contributed by atoms with Gasteiger partial charge in [-0.05, 0) is 34.6 Å². The summed E-state index contributed by atoms with van der Waals surface area (Å²) >= 11 is 1.40. The van der Waals surface area contributed by atoms with Gasteiger partial charge in [0.25, 0.3) is 0 Å². The zero-order chi connectivity index (χ0) is 15.3. The highest BCUT2D eigenvalue weighted by Gasteiger charge is 2.28. The van der Waals surface area contributed by atoms with Crippen LogP contribution in [0.4, 0.5) is 4.79 Å². The second-order valence-electron chi connectivity index (χ2n) is 5.12. The van der Waals surface area contributed by atoms with Gasteiger partial charge in [-0.25, -0.2) is 14.6 Å². The van der Waals surface area contributed by atoms with E-state index in [1.807, 2.05) is 6.92 Å². The molecule has 1 amide bonds. The summed E-state index contributed by atoms with van der Waals surface area (Å²) in [6.45, 7) is 9.00. The molecule has 0 fully saturated rings. The van der Waals surface area contributed by atoms with E-state index in [9.17, 15) is 9.59 Å². The summed E-state index contributed by atoms with van der Waals surface area (Å²) in [4.78, 5) is 27.9. The van der Waals surface area contributed by atoms with E-state index in [-0.39, 0.29) is 6.61 Å². The van der Waals surface area contributed by atoms with Gasteiger partial charge in [0, 0.05) is 5.38 Å². The van der Waals surface area contributed by atoms with Crippen LogP contribution in [0.5, 0.6) is 0 Å². The first kappa shape index (κ1) is 16.4. The zero-order valence-electron chi connectivity index (χ0n) is 12.4. The van der Waals surface area contributed by atoms with Crippen molar-refractivity contribution in [1.82, 2.24) is 10.3 Å². The Kier molecular flexibility index (Phi) is 5.50. The fraction of sp³-hybridized carbons (Fsp3) is 0.615.